The third kappa shape index (κ3) is 4.03. The molecule has 6 heteroatoms. The SMILES string of the molecule is CCOC(=O)c1ccc(N=C2S/C(=C\c3ccccc3)C(=O)N2C)cc1. The van der Waals surface area contributed by atoms with Crippen LogP contribution in [-0.4, -0.2) is 35.6 Å². The van der Waals surface area contributed by atoms with E-state index < -0.39 is 0 Å². The van der Waals surface area contributed by atoms with Gasteiger partial charge in [-0.3, -0.25) is 9.69 Å². The summed E-state index contributed by atoms with van der Waals surface area (Å²) in [5, 5.41) is 0.598. The van der Waals surface area contributed by atoms with E-state index in [0.29, 0.717) is 27.9 Å². The number of ether oxygens (including phenoxy) is 1. The minimum atomic E-state index is -0.359. The summed E-state index contributed by atoms with van der Waals surface area (Å²) in [4.78, 5) is 30.8. The number of carbonyl (C=O) groups excluding carboxylic acids is 2. The minimum Gasteiger partial charge on any atom is -0.462 e. The van der Waals surface area contributed by atoms with Gasteiger partial charge in [-0.2, -0.15) is 0 Å². The molecule has 0 atom stereocenters. The number of esters is 1. The highest BCUT2D eigenvalue weighted by atomic mass is 32.2. The lowest BCUT2D eigenvalue weighted by molar-refractivity contribution is -0.121. The van der Waals surface area contributed by atoms with E-state index in [-0.39, 0.29) is 11.9 Å². The number of amides is 1. The Morgan fingerprint density at radius 3 is 2.50 bits per heavy atom. The third-order valence-corrected chi connectivity index (χ3v) is 4.76. The van der Waals surface area contributed by atoms with Gasteiger partial charge in [0.2, 0.25) is 0 Å². The van der Waals surface area contributed by atoms with E-state index in [1.807, 2.05) is 36.4 Å². The van der Waals surface area contributed by atoms with Gasteiger partial charge in [-0.1, -0.05) is 30.3 Å². The number of aliphatic imine (C=N–C) groups is 1. The summed E-state index contributed by atoms with van der Waals surface area (Å²) in [5.41, 5.74) is 2.11. The average molecular weight is 366 g/mol. The number of hydrogen-bond donors (Lipinski definition) is 0. The van der Waals surface area contributed by atoms with Crippen LogP contribution in [0.15, 0.2) is 64.5 Å². The Kier molecular flexibility index (Phi) is 5.53. The van der Waals surface area contributed by atoms with Crippen LogP contribution in [0.25, 0.3) is 6.08 Å². The molecular formula is C20H18N2O3S. The zero-order valence-corrected chi connectivity index (χ0v) is 15.3. The fourth-order valence-electron chi connectivity index (χ4n) is 2.35. The summed E-state index contributed by atoms with van der Waals surface area (Å²) < 4.78 is 4.96. The van der Waals surface area contributed by atoms with Crippen LogP contribution in [0.2, 0.25) is 0 Å². The van der Waals surface area contributed by atoms with Crippen molar-refractivity contribution in [2.45, 2.75) is 6.92 Å². The molecular weight excluding hydrogens is 348 g/mol. The molecule has 2 aromatic rings. The summed E-state index contributed by atoms with van der Waals surface area (Å²) >= 11 is 1.33. The number of thioether (sulfide) groups is 1. The van der Waals surface area contributed by atoms with Crippen molar-refractivity contribution in [3.63, 3.8) is 0 Å². The van der Waals surface area contributed by atoms with E-state index >= 15 is 0 Å². The van der Waals surface area contributed by atoms with E-state index in [4.69, 9.17) is 4.74 Å². The number of amidine groups is 1. The largest absolute Gasteiger partial charge is 0.462 e. The van der Waals surface area contributed by atoms with Crippen LogP contribution in [0.5, 0.6) is 0 Å². The normalized spacial score (nSPS) is 17.2. The Bertz CT molecular complexity index is 874. The summed E-state index contributed by atoms with van der Waals surface area (Å²) in [6.45, 7) is 2.10. The van der Waals surface area contributed by atoms with Crippen molar-refractivity contribution < 1.29 is 14.3 Å². The van der Waals surface area contributed by atoms with Gasteiger partial charge < -0.3 is 4.74 Å². The maximum atomic E-state index is 12.4. The molecule has 1 fully saturated rings. The highest BCUT2D eigenvalue weighted by molar-refractivity contribution is 8.18. The number of benzene rings is 2. The van der Waals surface area contributed by atoms with Crippen molar-refractivity contribution in [3.8, 4) is 0 Å². The lowest BCUT2D eigenvalue weighted by atomic mass is 10.2. The molecule has 0 aromatic heterocycles. The quantitative estimate of drug-likeness (QED) is 0.604. The Morgan fingerprint density at radius 2 is 1.85 bits per heavy atom. The number of rotatable bonds is 4. The zero-order valence-electron chi connectivity index (χ0n) is 14.5. The van der Waals surface area contributed by atoms with Crippen molar-refractivity contribution in [3.05, 3.63) is 70.6 Å². The second-order valence-electron chi connectivity index (χ2n) is 5.55. The summed E-state index contributed by atoms with van der Waals surface area (Å²) in [7, 11) is 1.70. The van der Waals surface area contributed by atoms with Crippen LogP contribution in [0, 0.1) is 0 Å². The second-order valence-corrected chi connectivity index (χ2v) is 6.56. The molecule has 0 aliphatic carbocycles. The lowest BCUT2D eigenvalue weighted by Gasteiger charge is -2.07. The molecule has 5 nitrogen and oxygen atoms in total. The van der Waals surface area contributed by atoms with Gasteiger partial charge >= 0.3 is 5.97 Å². The third-order valence-electron chi connectivity index (χ3n) is 3.70. The van der Waals surface area contributed by atoms with Crippen LogP contribution < -0.4 is 0 Å². The first-order valence-corrected chi connectivity index (χ1v) is 8.98. The lowest BCUT2D eigenvalue weighted by Crippen LogP contribution is -2.23. The fraction of sp³-hybridized carbons (Fsp3) is 0.150. The molecule has 0 radical (unpaired) electrons. The monoisotopic (exact) mass is 366 g/mol. The molecule has 1 heterocycles. The average Bonchev–Trinajstić information content (AvgIpc) is 2.91. The van der Waals surface area contributed by atoms with E-state index in [2.05, 4.69) is 4.99 Å². The van der Waals surface area contributed by atoms with Crippen molar-refractivity contribution in [1.82, 2.24) is 4.90 Å². The minimum absolute atomic E-state index is 0.0826. The van der Waals surface area contributed by atoms with Crippen LogP contribution >= 0.6 is 11.8 Å². The Morgan fingerprint density at radius 1 is 1.15 bits per heavy atom. The summed E-state index contributed by atoms with van der Waals surface area (Å²) in [6, 6.07) is 16.5. The van der Waals surface area contributed by atoms with Crippen LogP contribution in [0.1, 0.15) is 22.8 Å². The van der Waals surface area contributed by atoms with Gasteiger partial charge in [-0.25, -0.2) is 9.79 Å². The second kappa shape index (κ2) is 8.01. The maximum absolute atomic E-state index is 12.4. The first kappa shape index (κ1) is 17.9. The molecule has 132 valence electrons. The van der Waals surface area contributed by atoms with Gasteiger partial charge in [0.15, 0.2) is 5.17 Å². The fourth-order valence-corrected chi connectivity index (χ4v) is 3.34. The highest BCUT2D eigenvalue weighted by Crippen LogP contribution is 2.33. The Balaban J connectivity index is 1.80. The molecule has 0 spiro atoms. The van der Waals surface area contributed by atoms with E-state index in [1.54, 1.807) is 38.2 Å². The standard InChI is InChI=1S/C20H18N2O3S/c1-3-25-19(24)15-9-11-16(12-10-15)21-20-22(2)18(23)17(26-20)13-14-7-5-4-6-8-14/h4-13H,3H2,1-2H3/b17-13-,21-20?. The number of likely N-dealkylation sites (N-methyl/N-ethyl adjacent to an activating group) is 1. The molecule has 1 saturated heterocycles. The van der Waals surface area contributed by atoms with E-state index in [9.17, 15) is 9.59 Å². The van der Waals surface area contributed by atoms with Gasteiger partial charge in [0.25, 0.3) is 5.91 Å². The van der Waals surface area contributed by atoms with Crippen molar-refractivity contribution >= 4 is 40.6 Å². The maximum Gasteiger partial charge on any atom is 0.338 e. The van der Waals surface area contributed by atoms with Crippen molar-refractivity contribution in [1.29, 1.82) is 0 Å². The molecule has 0 saturated carbocycles. The summed E-state index contributed by atoms with van der Waals surface area (Å²) in [6.07, 6.45) is 1.86. The highest BCUT2D eigenvalue weighted by Gasteiger charge is 2.30. The van der Waals surface area contributed by atoms with E-state index in [1.165, 1.54) is 16.7 Å². The van der Waals surface area contributed by atoms with Gasteiger partial charge in [0.1, 0.15) is 0 Å². The smallest absolute Gasteiger partial charge is 0.338 e. The summed E-state index contributed by atoms with van der Waals surface area (Å²) in [5.74, 6) is -0.442. The van der Waals surface area contributed by atoms with Crippen LogP contribution in [0.3, 0.4) is 0 Å². The number of nitrogens with zero attached hydrogens (tertiary/aromatic N) is 2. The molecule has 0 unspecified atom stereocenters. The number of hydrogen-bond acceptors (Lipinski definition) is 5. The van der Waals surface area contributed by atoms with Gasteiger partial charge in [0.05, 0.1) is 22.8 Å². The molecule has 2 aromatic carbocycles. The van der Waals surface area contributed by atoms with Crippen LogP contribution in [0.4, 0.5) is 5.69 Å². The Labute approximate surface area is 156 Å². The zero-order chi connectivity index (χ0) is 18.5. The first-order chi connectivity index (χ1) is 12.6. The Hall–Kier alpha value is -2.86. The predicted octanol–water partition coefficient (Wildman–Crippen LogP) is 4.10. The van der Waals surface area contributed by atoms with Crippen molar-refractivity contribution in [2.24, 2.45) is 4.99 Å². The molecule has 0 N–H and O–H groups in total. The number of carbonyl (C=O) groups is 2. The molecule has 1 amide bonds. The molecule has 1 aliphatic heterocycles. The van der Waals surface area contributed by atoms with Gasteiger partial charge in [-0.15, -0.1) is 0 Å². The van der Waals surface area contributed by atoms with Gasteiger partial charge in [0, 0.05) is 7.05 Å². The topological polar surface area (TPSA) is 59.0 Å². The van der Waals surface area contributed by atoms with Gasteiger partial charge in [-0.05, 0) is 54.6 Å². The predicted molar refractivity (Wildman–Crippen MR) is 104 cm³/mol. The molecule has 26 heavy (non-hydrogen) atoms. The van der Waals surface area contributed by atoms with Crippen molar-refractivity contribution in [2.75, 3.05) is 13.7 Å². The first-order valence-electron chi connectivity index (χ1n) is 8.17. The van der Waals surface area contributed by atoms with Crippen LogP contribution in [-0.2, 0) is 9.53 Å². The molecule has 3 rings (SSSR count). The molecule has 0 bridgehead atoms. The van der Waals surface area contributed by atoms with E-state index in [0.717, 1.165) is 5.56 Å². The molecule has 1 aliphatic rings.